The van der Waals surface area contributed by atoms with Crippen molar-refractivity contribution in [2.75, 3.05) is 31.1 Å². The quantitative estimate of drug-likeness (QED) is 0.798. The van der Waals surface area contributed by atoms with Crippen LogP contribution in [0.5, 0.6) is 0 Å². The van der Waals surface area contributed by atoms with Crippen LogP contribution in [0.2, 0.25) is 0 Å². The molecule has 1 saturated heterocycles. The summed E-state index contributed by atoms with van der Waals surface area (Å²) in [4.78, 5) is 2.34. The van der Waals surface area contributed by atoms with Crippen molar-refractivity contribution in [2.45, 2.75) is 39.7 Å². The van der Waals surface area contributed by atoms with Gasteiger partial charge in [-0.05, 0) is 31.3 Å². The van der Waals surface area contributed by atoms with Crippen LogP contribution in [0.4, 0.5) is 0 Å². The van der Waals surface area contributed by atoms with E-state index in [0.717, 1.165) is 32.5 Å². The molecule has 1 aliphatic rings. The van der Waals surface area contributed by atoms with Gasteiger partial charge in [-0.2, -0.15) is 0 Å². The Hall–Kier alpha value is -0.130. The Morgan fingerprint density at radius 2 is 2.06 bits per heavy atom. The van der Waals surface area contributed by atoms with Crippen LogP contribution in [0.15, 0.2) is 0 Å². The summed E-state index contributed by atoms with van der Waals surface area (Å²) >= 11 is 0. The van der Waals surface area contributed by atoms with Gasteiger partial charge in [0, 0.05) is 18.3 Å². The van der Waals surface area contributed by atoms with Crippen LogP contribution in [-0.4, -0.2) is 50.5 Å². The number of piperidine rings is 1. The molecule has 0 aromatic rings. The summed E-state index contributed by atoms with van der Waals surface area (Å²) in [5.74, 6) is 0.565. The molecule has 102 valence electrons. The van der Waals surface area contributed by atoms with E-state index in [0.29, 0.717) is 5.75 Å². The zero-order valence-electron chi connectivity index (χ0n) is 11.3. The fourth-order valence-corrected chi connectivity index (χ4v) is 3.19. The smallest absolute Gasteiger partial charge is 0.150 e. The number of sulfone groups is 1. The third kappa shape index (κ3) is 4.56. The lowest BCUT2D eigenvalue weighted by atomic mass is 9.80. The molecule has 17 heavy (non-hydrogen) atoms. The normalized spacial score (nSPS) is 26.0. The molecule has 1 aliphatic heterocycles. The second-order valence-corrected chi connectivity index (χ2v) is 8.22. The summed E-state index contributed by atoms with van der Waals surface area (Å²) in [5, 5.41) is 0. The van der Waals surface area contributed by atoms with Crippen molar-refractivity contribution < 1.29 is 8.42 Å². The molecular formula is C12H26N2O2S. The highest BCUT2D eigenvalue weighted by Crippen LogP contribution is 2.27. The molecule has 0 saturated carbocycles. The topological polar surface area (TPSA) is 63.4 Å². The molecular weight excluding hydrogens is 236 g/mol. The molecule has 0 amide bonds. The van der Waals surface area contributed by atoms with Gasteiger partial charge in [-0.15, -0.1) is 0 Å². The Morgan fingerprint density at radius 1 is 1.41 bits per heavy atom. The number of nitrogens with zero attached hydrogens (tertiary/aromatic N) is 1. The van der Waals surface area contributed by atoms with Gasteiger partial charge in [-0.3, -0.25) is 0 Å². The summed E-state index contributed by atoms with van der Waals surface area (Å²) < 4.78 is 22.8. The molecule has 0 aromatic carbocycles. The first kappa shape index (κ1) is 14.9. The molecule has 5 heteroatoms. The van der Waals surface area contributed by atoms with Crippen LogP contribution in [-0.2, 0) is 9.84 Å². The van der Waals surface area contributed by atoms with Crippen molar-refractivity contribution in [1.29, 1.82) is 0 Å². The van der Waals surface area contributed by atoms with Gasteiger partial charge in [-0.25, -0.2) is 8.42 Å². The molecule has 0 bridgehead atoms. The maximum atomic E-state index is 11.4. The van der Waals surface area contributed by atoms with Gasteiger partial charge in [0.1, 0.15) is 9.84 Å². The van der Waals surface area contributed by atoms with Gasteiger partial charge in [0.05, 0.1) is 5.75 Å². The molecule has 0 spiro atoms. The molecule has 1 fully saturated rings. The molecule has 0 radical (unpaired) electrons. The van der Waals surface area contributed by atoms with Crippen molar-refractivity contribution in [3.63, 3.8) is 0 Å². The van der Waals surface area contributed by atoms with Crippen LogP contribution >= 0.6 is 0 Å². The Bertz CT molecular complexity index is 338. The van der Waals surface area contributed by atoms with Gasteiger partial charge in [0.15, 0.2) is 0 Å². The fraction of sp³-hybridized carbons (Fsp3) is 1.00. The minimum atomic E-state index is -2.81. The Labute approximate surface area is 105 Å². The molecule has 0 aromatic heterocycles. The highest BCUT2D eigenvalue weighted by atomic mass is 32.2. The maximum absolute atomic E-state index is 11.4. The van der Waals surface area contributed by atoms with Gasteiger partial charge < -0.3 is 10.6 Å². The summed E-state index contributed by atoms with van der Waals surface area (Å²) in [6.45, 7) is 8.92. The zero-order valence-corrected chi connectivity index (χ0v) is 12.1. The molecule has 1 atom stereocenters. The summed E-state index contributed by atoms with van der Waals surface area (Å²) in [6.07, 6.45) is 1.75. The second-order valence-electron chi connectivity index (χ2n) is 5.75. The highest BCUT2D eigenvalue weighted by Gasteiger charge is 2.32. The van der Waals surface area contributed by atoms with E-state index in [9.17, 15) is 8.42 Å². The standard InChI is InChI=1S/C12H26N2O2S/c1-4-17(15,16)9-5-7-14-8-6-11(13)12(2,3)10-14/h11H,4-10,13H2,1-3H3. The van der Waals surface area contributed by atoms with Gasteiger partial charge in [0.2, 0.25) is 0 Å². The van der Waals surface area contributed by atoms with Crippen LogP contribution < -0.4 is 5.73 Å². The predicted octanol–water partition coefficient (Wildman–Crippen LogP) is 0.870. The average Bonchev–Trinajstić information content (AvgIpc) is 2.23. The molecule has 1 rings (SSSR count). The molecule has 1 unspecified atom stereocenters. The van der Waals surface area contributed by atoms with Gasteiger partial charge in [-0.1, -0.05) is 20.8 Å². The number of likely N-dealkylation sites (tertiary alicyclic amines) is 1. The van der Waals surface area contributed by atoms with E-state index in [1.165, 1.54) is 0 Å². The van der Waals surface area contributed by atoms with Gasteiger partial charge in [0.25, 0.3) is 0 Å². The van der Waals surface area contributed by atoms with E-state index in [1.54, 1.807) is 6.92 Å². The SMILES string of the molecule is CCS(=O)(=O)CCCN1CCC(N)C(C)(C)C1. The Balaban J connectivity index is 2.35. The summed E-state index contributed by atoms with van der Waals surface area (Å²) in [6, 6.07) is 0.262. The molecule has 2 N–H and O–H groups in total. The van der Waals surface area contributed by atoms with E-state index in [4.69, 9.17) is 5.73 Å². The first-order chi connectivity index (χ1) is 7.77. The summed E-state index contributed by atoms with van der Waals surface area (Å²) in [7, 11) is -2.81. The average molecular weight is 262 g/mol. The van der Waals surface area contributed by atoms with E-state index in [-0.39, 0.29) is 17.2 Å². The maximum Gasteiger partial charge on any atom is 0.150 e. The minimum Gasteiger partial charge on any atom is -0.327 e. The van der Waals surface area contributed by atoms with Crippen LogP contribution in [0, 0.1) is 5.41 Å². The van der Waals surface area contributed by atoms with Crippen molar-refractivity contribution in [3.8, 4) is 0 Å². The Kier molecular flexibility index (Phi) is 4.98. The monoisotopic (exact) mass is 262 g/mol. The first-order valence-electron chi connectivity index (χ1n) is 6.45. The van der Waals surface area contributed by atoms with Crippen molar-refractivity contribution in [2.24, 2.45) is 11.1 Å². The van der Waals surface area contributed by atoms with E-state index in [2.05, 4.69) is 18.7 Å². The second kappa shape index (κ2) is 5.67. The largest absolute Gasteiger partial charge is 0.327 e. The van der Waals surface area contributed by atoms with E-state index in [1.807, 2.05) is 0 Å². The molecule has 4 nitrogen and oxygen atoms in total. The Morgan fingerprint density at radius 3 is 2.59 bits per heavy atom. The van der Waals surface area contributed by atoms with E-state index < -0.39 is 9.84 Å². The third-order valence-electron chi connectivity index (χ3n) is 3.76. The van der Waals surface area contributed by atoms with Crippen LogP contribution in [0.1, 0.15) is 33.6 Å². The number of rotatable bonds is 5. The molecule has 1 heterocycles. The lowest BCUT2D eigenvalue weighted by Crippen LogP contribution is -2.52. The fourth-order valence-electron chi connectivity index (χ4n) is 2.33. The van der Waals surface area contributed by atoms with Crippen molar-refractivity contribution in [3.05, 3.63) is 0 Å². The van der Waals surface area contributed by atoms with E-state index >= 15 is 0 Å². The predicted molar refractivity (Wildman–Crippen MR) is 71.8 cm³/mol. The minimum absolute atomic E-state index is 0.141. The first-order valence-corrected chi connectivity index (χ1v) is 8.27. The lowest BCUT2D eigenvalue weighted by Gasteiger charge is -2.42. The molecule has 0 aliphatic carbocycles. The lowest BCUT2D eigenvalue weighted by molar-refractivity contribution is 0.0958. The third-order valence-corrected chi connectivity index (χ3v) is 5.55. The summed E-state index contributed by atoms with van der Waals surface area (Å²) in [5.41, 5.74) is 6.21. The van der Waals surface area contributed by atoms with Crippen LogP contribution in [0.3, 0.4) is 0 Å². The highest BCUT2D eigenvalue weighted by molar-refractivity contribution is 7.91. The van der Waals surface area contributed by atoms with Gasteiger partial charge >= 0.3 is 0 Å². The van der Waals surface area contributed by atoms with Crippen molar-refractivity contribution in [1.82, 2.24) is 4.90 Å². The zero-order chi connectivity index (χ0) is 13.1. The number of hydrogen-bond donors (Lipinski definition) is 1. The van der Waals surface area contributed by atoms with Crippen LogP contribution in [0.25, 0.3) is 0 Å². The van der Waals surface area contributed by atoms with Crippen molar-refractivity contribution >= 4 is 9.84 Å². The number of nitrogens with two attached hydrogens (primary N) is 1. The number of hydrogen-bond acceptors (Lipinski definition) is 4.